The van der Waals surface area contributed by atoms with Crippen molar-refractivity contribution in [2.75, 3.05) is 26.2 Å². The second-order valence-corrected chi connectivity index (χ2v) is 7.65. The molecule has 0 atom stereocenters. The lowest BCUT2D eigenvalue weighted by Crippen LogP contribution is -2.48. The Bertz CT molecular complexity index is 989. The number of hydrogen-bond donors (Lipinski definition) is 1. The summed E-state index contributed by atoms with van der Waals surface area (Å²) in [4.78, 5) is 24.7. The fraction of sp³-hybridized carbons (Fsp3) is 0.364. The number of H-pyrrole nitrogens is 1. The molecule has 1 amide bonds. The van der Waals surface area contributed by atoms with Crippen molar-refractivity contribution in [1.82, 2.24) is 19.8 Å². The number of carbonyl (C=O) groups excluding carboxylic acids is 1. The first kappa shape index (κ1) is 18.6. The Balaban J connectivity index is 1.46. The molecular weight excluding hydrogens is 355 g/mol. The van der Waals surface area contributed by atoms with Crippen LogP contribution in [0.5, 0.6) is 0 Å². The van der Waals surface area contributed by atoms with Crippen molar-refractivity contribution in [2.24, 2.45) is 0 Å². The van der Waals surface area contributed by atoms with Crippen LogP contribution in [0.15, 0.2) is 42.6 Å². The standard InChI is InChI=1S/C22H25FN4O/c1-15(2)20-19(18-7-4-8-24-21(18)25-20)14-26-9-11-27(12-10-26)22(28)16-5-3-6-17(23)13-16/h3-8,13,15H,9-12,14H2,1-2H3,(H,24,25). The highest BCUT2D eigenvalue weighted by Gasteiger charge is 2.24. The number of aromatic amines is 1. The summed E-state index contributed by atoms with van der Waals surface area (Å²) in [7, 11) is 0. The van der Waals surface area contributed by atoms with Gasteiger partial charge in [0, 0.05) is 55.6 Å². The number of hydrogen-bond acceptors (Lipinski definition) is 3. The maximum Gasteiger partial charge on any atom is 0.254 e. The molecule has 1 aromatic carbocycles. The van der Waals surface area contributed by atoms with Crippen molar-refractivity contribution < 1.29 is 9.18 Å². The second-order valence-electron chi connectivity index (χ2n) is 7.65. The molecule has 4 rings (SSSR count). The molecule has 1 aliphatic rings. The van der Waals surface area contributed by atoms with Crippen molar-refractivity contribution in [3.05, 3.63) is 65.2 Å². The molecule has 2 aromatic heterocycles. The zero-order chi connectivity index (χ0) is 19.7. The van der Waals surface area contributed by atoms with E-state index in [-0.39, 0.29) is 11.7 Å². The van der Waals surface area contributed by atoms with Crippen LogP contribution in [0.3, 0.4) is 0 Å². The SMILES string of the molecule is CC(C)c1[nH]c2ncccc2c1CN1CCN(C(=O)c2cccc(F)c2)CC1. The van der Waals surface area contributed by atoms with Crippen LogP contribution in [0.1, 0.15) is 41.4 Å². The number of piperazine rings is 1. The minimum absolute atomic E-state index is 0.0988. The van der Waals surface area contributed by atoms with E-state index >= 15 is 0 Å². The Morgan fingerprint density at radius 3 is 2.68 bits per heavy atom. The normalized spacial score (nSPS) is 15.5. The van der Waals surface area contributed by atoms with Gasteiger partial charge < -0.3 is 9.88 Å². The van der Waals surface area contributed by atoms with Crippen molar-refractivity contribution in [3.8, 4) is 0 Å². The van der Waals surface area contributed by atoms with Crippen LogP contribution >= 0.6 is 0 Å². The summed E-state index contributed by atoms with van der Waals surface area (Å²) >= 11 is 0. The third kappa shape index (κ3) is 3.64. The zero-order valence-corrected chi connectivity index (χ0v) is 16.3. The quantitative estimate of drug-likeness (QED) is 0.749. The number of nitrogens with zero attached hydrogens (tertiary/aromatic N) is 3. The summed E-state index contributed by atoms with van der Waals surface area (Å²) in [5, 5.41) is 1.17. The molecule has 0 saturated carbocycles. The van der Waals surface area contributed by atoms with Crippen LogP contribution in [0.25, 0.3) is 11.0 Å². The Labute approximate surface area is 164 Å². The van der Waals surface area contributed by atoms with E-state index in [1.807, 2.05) is 17.2 Å². The fourth-order valence-electron chi connectivity index (χ4n) is 3.90. The lowest BCUT2D eigenvalue weighted by atomic mass is 10.0. The number of rotatable bonds is 4. The summed E-state index contributed by atoms with van der Waals surface area (Å²) in [5.74, 6) is -0.0861. The molecule has 0 spiro atoms. The van der Waals surface area contributed by atoms with E-state index in [2.05, 4.69) is 34.8 Å². The van der Waals surface area contributed by atoms with Crippen LogP contribution in [-0.2, 0) is 6.54 Å². The monoisotopic (exact) mass is 380 g/mol. The molecule has 28 heavy (non-hydrogen) atoms. The first-order valence-electron chi connectivity index (χ1n) is 9.75. The first-order valence-corrected chi connectivity index (χ1v) is 9.75. The van der Waals surface area contributed by atoms with E-state index < -0.39 is 0 Å². The molecule has 3 aromatic rings. The van der Waals surface area contributed by atoms with Crippen LogP contribution in [0.2, 0.25) is 0 Å². The molecule has 0 aliphatic carbocycles. The number of nitrogens with one attached hydrogen (secondary N) is 1. The van der Waals surface area contributed by atoms with E-state index in [0.717, 1.165) is 25.3 Å². The summed E-state index contributed by atoms with van der Waals surface area (Å²) < 4.78 is 13.4. The van der Waals surface area contributed by atoms with Gasteiger partial charge in [-0.3, -0.25) is 9.69 Å². The molecule has 1 saturated heterocycles. The molecular formula is C22H25FN4O. The van der Waals surface area contributed by atoms with E-state index in [0.29, 0.717) is 24.6 Å². The zero-order valence-electron chi connectivity index (χ0n) is 16.3. The van der Waals surface area contributed by atoms with Crippen molar-refractivity contribution in [3.63, 3.8) is 0 Å². The molecule has 1 aliphatic heterocycles. The maximum absolute atomic E-state index is 13.4. The largest absolute Gasteiger partial charge is 0.343 e. The Morgan fingerprint density at radius 1 is 1.18 bits per heavy atom. The van der Waals surface area contributed by atoms with Gasteiger partial charge in [0.15, 0.2) is 0 Å². The lowest BCUT2D eigenvalue weighted by Gasteiger charge is -2.35. The molecule has 146 valence electrons. The minimum atomic E-state index is -0.376. The molecule has 3 heterocycles. The highest BCUT2D eigenvalue weighted by atomic mass is 19.1. The van der Waals surface area contributed by atoms with Gasteiger partial charge in [-0.1, -0.05) is 19.9 Å². The highest BCUT2D eigenvalue weighted by molar-refractivity contribution is 5.94. The van der Waals surface area contributed by atoms with Gasteiger partial charge in [0.25, 0.3) is 5.91 Å². The predicted molar refractivity (Wildman–Crippen MR) is 108 cm³/mol. The van der Waals surface area contributed by atoms with Gasteiger partial charge in [0.1, 0.15) is 11.5 Å². The third-order valence-electron chi connectivity index (χ3n) is 5.40. The second kappa shape index (κ2) is 7.72. The van der Waals surface area contributed by atoms with Crippen LogP contribution in [-0.4, -0.2) is 51.9 Å². The minimum Gasteiger partial charge on any atom is -0.343 e. The van der Waals surface area contributed by atoms with Gasteiger partial charge in [-0.15, -0.1) is 0 Å². The molecule has 1 fully saturated rings. The average Bonchev–Trinajstić information content (AvgIpc) is 3.07. The Kier molecular flexibility index (Phi) is 5.13. The topological polar surface area (TPSA) is 52.2 Å². The number of benzene rings is 1. The maximum atomic E-state index is 13.4. The summed E-state index contributed by atoms with van der Waals surface area (Å²) in [6, 6.07) is 10.0. The van der Waals surface area contributed by atoms with E-state index in [1.54, 1.807) is 12.1 Å². The summed E-state index contributed by atoms with van der Waals surface area (Å²) in [6.45, 7) is 8.09. The van der Waals surface area contributed by atoms with Crippen molar-refractivity contribution in [1.29, 1.82) is 0 Å². The predicted octanol–water partition coefficient (Wildman–Crippen LogP) is 3.78. The fourth-order valence-corrected chi connectivity index (χ4v) is 3.90. The van der Waals surface area contributed by atoms with Gasteiger partial charge in [-0.05, 0) is 41.8 Å². The number of amides is 1. The van der Waals surface area contributed by atoms with Crippen LogP contribution in [0.4, 0.5) is 4.39 Å². The smallest absolute Gasteiger partial charge is 0.254 e. The average molecular weight is 380 g/mol. The molecule has 1 N–H and O–H groups in total. The number of fused-ring (bicyclic) bond motifs is 1. The van der Waals surface area contributed by atoms with Gasteiger partial charge in [0.05, 0.1) is 0 Å². The van der Waals surface area contributed by atoms with Gasteiger partial charge in [-0.2, -0.15) is 0 Å². The number of aromatic nitrogens is 2. The molecule has 6 heteroatoms. The van der Waals surface area contributed by atoms with E-state index in [1.165, 1.54) is 28.8 Å². The Morgan fingerprint density at radius 2 is 1.96 bits per heavy atom. The molecule has 0 unspecified atom stereocenters. The highest BCUT2D eigenvalue weighted by Crippen LogP contribution is 2.28. The third-order valence-corrected chi connectivity index (χ3v) is 5.40. The van der Waals surface area contributed by atoms with Gasteiger partial charge in [0.2, 0.25) is 0 Å². The van der Waals surface area contributed by atoms with Crippen LogP contribution in [0, 0.1) is 5.82 Å². The van der Waals surface area contributed by atoms with Crippen molar-refractivity contribution >= 4 is 16.9 Å². The first-order chi connectivity index (χ1) is 13.5. The lowest BCUT2D eigenvalue weighted by molar-refractivity contribution is 0.0628. The summed E-state index contributed by atoms with van der Waals surface area (Å²) in [5.41, 5.74) is 3.87. The van der Waals surface area contributed by atoms with Crippen molar-refractivity contribution in [2.45, 2.75) is 26.3 Å². The molecule has 0 bridgehead atoms. The Hall–Kier alpha value is -2.73. The molecule has 0 radical (unpaired) electrons. The summed E-state index contributed by atoms with van der Waals surface area (Å²) in [6.07, 6.45) is 1.81. The van der Waals surface area contributed by atoms with Crippen LogP contribution < -0.4 is 0 Å². The van der Waals surface area contributed by atoms with E-state index in [4.69, 9.17) is 0 Å². The number of halogens is 1. The van der Waals surface area contributed by atoms with Gasteiger partial charge in [-0.25, -0.2) is 9.37 Å². The van der Waals surface area contributed by atoms with E-state index in [9.17, 15) is 9.18 Å². The number of pyridine rings is 1. The van der Waals surface area contributed by atoms with Gasteiger partial charge >= 0.3 is 0 Å². The number of carbonyl (C=O) groups is 1. The molecule has 5 nitrogen and oxygen atoms in total.